The van der Waals surface area contributed by atoms with Crippen molar-refractivity contribution >= 4 is 23.4 Å². The van der Waals surface area contributed by atoms with Gasteiger partial charge in [-0.3, -0.25) is 14.3 Å². The maximum Gasteiger partial charge on any atom is 0.295 e. The van der Waals surface area contributed by atoms with Crippen LogP contribution in [0.1, 0.15) is 12.1 Å². The number of benzene rings is 1. The second-order valence-corrected chi connectivity index (χ2v) is 6.30. The van der Waals surface area contributed by atoms with Gasteiger partial charge >= 0.3 is 0 Å². The van der Waals surface area contributed by atoms with Crippen molar-refractivity contribution in [1.29, 1.82) is 0 Å². The molecule has 0 aliphatic heterocycles. The number of hydrogen-bond acceptors (Lipinski definition) is 4. The van der Waals surface area contributed by atoms with Crippen molar-refractivity contribution in [3.05, 3.63) is 46.4 Å². The third kappa shape index (κ3) is 3.68. The van der Waals surface area contributed by atoms with Gasteiger partial charge in [0.1, 0.15) is 5.69 Å². The molecule has 23 heavy (non-hydrogen) atoms. The van der Waals surface area contributed by atoms with E-state index in [2.05, 4.69) is 5.32 Å². The molecule has 2 rings (SSSR count). The number of hydrogen-bond donors (Lipinski definition) is 2. The summed E-state index contributed by atoms with van der Waals surface area (Å²) in [6.07, 6.45) is 2.54. The highest BCUT2D eigenvalue weighted by Crippen LogP contribution is 2.14. The van der Waals surface area contributed by atoms with Crippen LogP contribution in [0.25, 0.3) is 5.69 Å². The molecule has 0 bridgehead atoms. The number of amides is 1. The predicted molar refractivity (Wildman–Crippen MR) is 95.4 cm³/mol. The lowest BCUT2D eigenvalue weighted by Crippen LogP contribution is -2.37. The van der Waals surface area contributed by atoms with E-state index in [9.17, 15) is 9.59 Å². The van der Waals surface area contributed by atoms with Gasteiger partial charge in [-0.1, -0.05) is 18.2 Å². The molecule has 0 saturated carbocycles. The highest BCUT2D eigenvalue weighted by molar-refractivity contribution is 7.98. The van der Waals surface area contributed by atoms with Gasteiger partial charge in [-0.25, -0.2) is 4.68 Å². The lowest BCUT2D eigenvalue weighted by molar-refractivity contribution is -0.117. The van der Waals surface area contributed by atoms with Gasteiger partial charge < -0.3 is 11.1 Å². The van der Waals surface area contributed by atoms with Gasteiger partial charge in [0.2, 0.25) is 5.91 Å². The molecule has 1 heterocycles. The van der Waals surface area contributed by atoms with E-state index in [1.54, 1.807) is 30.4 Å². The molecule has 0 radical (unpaired) electrons. The van der Waals surface area contributed by atoms with Crippen LogP contribution in [0.5, 0.6) is 0 Å². The van der Waals surface area contributed by atoms with Gasteiger partial charge in [-0.15, -0.1) is 0 Å². The number of anilines is 1. The first kappa shape index (κ1) is 17.4. The number of carbonyl (C=O) groups excluding carboxylic acids is 1. The third-order valence-electron chi connectivity index (χ3n) is 3.77. The van der Waals surface area contributed by atoms with Gasteiger partial charge in [-0.2, -0.15) is 11.8 Å². The Labute approximate surface area is 139 Å². The monoisotopic (exact) mass is 334 g/mol. The summed E-state index contributed by atoms with van der Waals surface area (Å²) in [6, 6.07) is 8.68. The summed E-state index contributed by atoms with van der Waals surface area (Å²) < 4.78 is 3.25. The molecule has 1 atom stereocenters. The van der Waals surface area contributed by atoms with Crippen molar-refractivity contribution in [2.24, 2.45) is 12.8 Å². The van der Waals surface area contributed by atoms with Crippen LogP contribution < -0.4 is 16.6 Å². The van der Waals surface area contributed by atoms with Crippen LogP contribution in [0.4, 0.5) is 5.69 Å². The standard InChI is InChI=1S/C16H22N4O2S/c1-11-14(18-15(21)13(17)9-10-23-3)16(22)20(19(11)2)12-7-5-4-6-8-12/h4-8,13H,9-10,17H2,1-3H3,(H,18,21)/t13-/m0/s1. The predicted octanol–water partition coefficient (Wildman–Crippen LogP) is 1.50. The molecular weight excluding hydrogens is 312 g/mol. The fraction of sp³-hybridized carbons (Fsp3) is 0.375. The summed E-state index contributed by atoms with van der Waals surface area (Å²) >= 11 is 1.63. The Kier molecular flexibility index (Phi) is 5.68. The number of nitrogens with one attached hydrogen (secondary N) is 1. The van der Waals surface area contributed by atoms with E-state index in [0.717, 1.165) is 11.4 Å². The van der Waals surface area contributed by atoms with Crippen molar-refractivity contribution in [3.63, 3.8) is 0 Å². The summed E-state index contributed by atoms with van der Waals surface area (Å²) in [4.78, 5) is 24.8. The highest BCUT2D eigenvalue weighted by Gasteiger charge is 2.20. The van der Waals surface area contributed by atoms with Crippen molar-refractivity contribution in [2.45, 2.75) is 19.4 Å². The molecule has 1 aromatic carbocycles. The van der Waals surface area contributed by atoms with Gasteiger partial charge in [0.05, 0.1) is 17.4 Å². The summed E-state index contributed by atoms with van der Waals surface area (Å²) in [5.74, 6) is 0.474. The van der Waals surface area contributed by atoms with E-state index in [4.69, 9.17) is 5.73 Å². The van der Waals surface area contributed by atoms with Crippen molar-refractivity contribution < 1.29 is 4.79 Å². The van der Waals surface area contributed by atoms with Crippen LogP contribution in [0.2, 0.25) is 0 Å². The first-order valence-corrected chi connectivity index (χ1v) is 8.76. The molecule has 6 nitrogen and oxygen atoms in total. The molecule has 0 unspecified atom stereocenters. The Hall–Kier alpha value is -1.99. The van der Waals surface area contributed by atoms with E-state index in [1.165, 1.54) is 4.68 Å². The normalized spacial score (nSPS) is 12.2. The minimum absolute atomic E-state index is 0.262. The van der Waals surface area contributed by atoms with Gasteiger partial charge in [-0.05, 0) is 37.5 Å². The second kappa shape index (κ2) is 7.52. The fourth-order valence-corrected chi connectivity index (χ4v) is 2.79. The van der Waals surface area contributed by atoms with Gasteiger partial charge in [0, 0.05) is 7.05 Å². The minimum Gasteiger partial charge on any atom is -0.320 e. The average molecular weight is 334 g/mol. The summed E-state index contributed by atoms with van der Waals surface area (Å²) in [5, 5.41) is 2.69. The fourth-order valence-electron chi connectivity index (χ4n) is 2.30. The molecule has 0 fully saturated rings. The molecule has 1 aromatic heterocycles. The Bertz CT molecular complexity index is 737. The summed E-state index contributed by atoms with van der Waals surface area (Å²) in [5.41, 5.74) is 7.31. The van der Waals surface area contributed by atoms with Crippen LogP contribution in [0.3, 0.4) is 0 Å². The average Bonchev–Trinajstić information content (AvgIpc) is 2.77. The maximum absolute atomic E-state index is 12.7. The number of thioether (sulfide) groups is 1. The van der Waals surface area contributed by atoms with E-state index in [0.29, 0.717) is 12.1 Å². The molecule has 0 aliphatic rings. The van der Waals surface area contributed by atoms with Crippen molar-refractivity contribution in [2.75, 3.05) is 17.3 Å². The zero-order chi connectivity index (χ0) is 17.0. The Morgan fingerprint density at radius 1 is 1.35 bits per heavy atom. The molecule has 124 valence electrons. The molecular formula is C16H22N4O2S. The number of para-hydroxylation sites is 1. The summed E-state index contributed by atoms with van der Waals surface area (Å²) in [6.45, 7) is 1.80. The van der Waals surface area contributed by atoms with Crippen LogP contribution in [-0.2, 0) is 11.8 Å². The SMILES string of the molecule is CSCC[C@H](N)C(=O)Nc1c(C)n(C)n(-c2ccccc2)c1=O. The first-order chi connectivity index (χ1) is 11.0. The molecule has 3 N–H and O–H groups in total. The molecule has 7 heteroatoms. The number of rotatable bonds is 6. The largest absolute Gasteiger partial charge is 0.320 e. The lowest BCUT2D eigenvalue weighted by atomic mass is 10.2. The van der Waals surface area contributed by atoms with Crippen molar-refractivity contribution in [3.8, 4) is 5.69 Å². The first-order valence-electron chi connectivity index (χ1n) is 7.36. The Morgan fingerprint density at radius 3 is 2.61 bits per heavy atom. The van der Waals surface area contributed by atoms with Crippen LogP contribution >= 0.6 is 11.8 Å². The quantitative estimate of drug-likeness (QED) is 0.839. The Morgan fingerprint density at radius 2 is 2.00 bits per heavy atom. The minimum atomic E-state index is -0.619. The maximum atomic E-state index is 12.7. The third-order valence-corrected chi connectivity index (χ3v) is 4.42. The van der Waals surface area contributed by atoms with Crippen LogP contribution in [0, 0.1) is 6.92 Å². The van der Waals surface area contributed by atoms with Crippen LogP contribution in [-0.4, -0.2) is 33.3 Å². The summed E-state index contributed by atoms with van der Waals surface area (Å²) in [7, 11) is 1.78. The number of nitrogens with zero attached hydrogens (tertiary/aromatic N) is 2. The zero-order valence-corrected chi connectivity index (χ0v) is 14.4. The number of aromatic nitrogens is 2. The smallest absolute Gasteiger partial charge is 0.295 e. The van der Waals surface area contributed by atoms with E-state index in [1.807, 2.05) is 36.6 Å². The van der Waals surface area contributed by atoms with E-state index >= 15 is 0 Å². The topological polar surface area (TPSA) is 82.1 Å². The molecule has 2 aromatic rings. The van der Waals surface area contributed by atoms with Gasteiger partial charge in [0.15, 0.2) is 0 Å². The second-order valence-electron chi connectivity index (χ2n) is 5.31. The number of carbonyl (C=O) groups is 1. The molecule has 0 aliphatic carbocycles. The van der Waals surface area contributed by atoms with Crippen molar-refractivity contribution in [1.82, 2.24) is 9.36 Å². The Balaban J connectivity index is 2.31. The zero-order valence-electron chi connectivity index (χ0n) is 13.6. The van der Waals surface area contributed by atoms with E-state index in [-0.39, 0.29) is 17.2 Å². The van der Waals surface area contributed by atoms with Crippen LogP contribution in [0.15, 0.2) is 35.1 Å². The van der Waals surface area contributed by atoms with E-state index < -0.39 is 6.04 Å². The number of nitrogens with two attached hydrogens (primary N) is 1. The molecule has 1 amide bonds. The van der Waals surface area contributed by atoms with Gasteiger partial charge in [0.25, 0.3) is 5.56 Å². The molecule has 0 spiro atoms. The molecule has 0 saturated heterocycles. The highest BCUT2D eigenvalue weighted by atomic mass is 32.2. The lowest BCUT2D eigenvalue weighted by Gasteiger charge is -2.10.